The van der Waals surface area contributed by atoms with Gasteiger partial charge in [0.15, 0.2) is 0 Å². The van der Waals surface area contributed by atoms with Crippen LogP contribution < -0.4 is 5.32 Å². The Morgan fingerprint density at radius 1 is 1.44 bits per heavy atom. The summed E-state index contributed by atoms with van der Waals surface area (Å²) in [4.78, 5) is 29.9. The third kappa shape index (κ3) is 4.76. The maximum atomic E-state index is 12.5. The molecule has 1 aromatic rings. The van der Waals surface area contributed by atoms with Crippen LogP contribution in [-0.4, -0.2) is 67.6 Å². The zero-order chi connectivity index (χ0) is 18.4. The normalized spacial score (nSPS) is 18.2. The van der Waals surface area contributed by atoms with Gasteiger partial charge < -0.3 is 10.2 Å². The largest absolute Gasteiger partial charge is 0.356 e. The van der Waals surface area contributed by atoms with Crippen LogP contribution in [0.25, 0.3) is 0 Å². The molecular weight excluding hydrogens is 344 g/mol. The first-order valence-corrected chi connectivity index (χ1v) is 9.72. The van der Waals surface area contributed by atoms with Crippen molar-refractivity contribution in [3.63, 3.8) is 0 Å². The molecule has 1 saturated heterocycles. The molecule has 8 nitrogen and oxygen atoms in total. The predicted molar refractivity (Wildman–Crippen MR) is 92.0 cm³/mol. The second-order valence-corrected chi connectivity index (χ2v) is 8.07. The number of hydrogen-bond acceptors (Lipinski definition) is 5. The minimum atomic E-state index is -3.77. The number of rotatable bonds is 6. The van der Waals surface area contributed by atoms with Gasteiger partial charge in [-0.3, -0.25) is 14.6 Å². The molecule has 1 aromatic heterocycles. The molecule has 2 amide bonds. The van der Waals surface area contributed by atoms with Crippen molar-refractivity contribution in [1.29, 1.82) is 0 Å². The van der Waals surface area contributed by atoms with Crippen molar-refractivity contribution in [3.8, 4) is 0 Å². The Kier molecular flexibility index (Phi) is 6.49. The Labute approximate surface area is 148 Å². The van der Waals surface area contributed by atoms with Crippen molar-refractivity contribution in [2.24, 2.45) is 5.92 Å². The molecular formula is C16H24N4O4S. The molecule has 2 rings (SSSR count). The molecule has 1 N–H and O–H groups in total. The third-order valence-corrected chi connectivity index (χ3v) is 5.98. The lowest BCUT2D eigenvalue weighted by atomic mass is 9.97. The number of aromatic nitrogens is 1. The quantitative estimate of drug-likeness (QED) is 0.766. The average Bonchev–Trinajstić information content (AvgIpc) is 2.62. The molecule has 1 aliphatic rings. The molecule has 0 bridgehead atoms. The molecule has 1 fully saturated rings. The molecule has 0 saturated carbocycles. The van der Waals surface area contributed by atoms with Gasteiger partial charge in [0.1, 0.15) is 4.90 Å². The number of likely N-dealkylation sites (N-methyl/N-ethyl adjacent to an activating group) is 1. The second kappa shape index (κ2) is 8.39. The summed E-state index contributed by atoms with van der Waals surface area (Å²) in [5.41, 5.74) is 0. The van der Waals surface area contributed by atoms with E-state index in [2.05, 4.69) is 10.3 Å². The van der Waals surface area contributed by atoms with Crippen LogP contribution >= 0.6 is 0 Å². The van der Waals surface area contributed by atoms with E-state index >= 15 is 0 Å². The Balaban J connectivity index is 2.00. The molecule has 0 radical (unpaired) electrons. The van der Waals surface area contributed by atoms with Gasteiger partial charge in [0, 0.05) is 39.1 Å². The van der Waals surface area contributed by atoms with Gasteiger partial charge in [-0.25, -0.2) is 8.42 Å². The van der Waals surface area contributed by atoms with Crippen molar-refractivity contribution in [2.75, 3.05) is 33.2 Å². The number of nitrogens with zero attached hydrogens (tertiary/aromatic N) is 3. The van der Waals surface area contributed by atoms with Gasteiger partial charge in [0.05, 0.1) is 12.5 Å². The van der Waals surface area contributed by atoms with Gasteiger partial charge >= 0.3 is 0 Å². The number of sulfonamides is 1. The monoisotopic (exact) mass is 368 g/mol. The predicted octanol–water partition coefficient (Wildman–Crippen LogP) is 0.0768. The summed E-state index contributed by atoms with van der Waals surface area (Å²) in [5, 5.41) is 2.77. The molecule has 0 spiro atoms. The minimum Gasteiger partial charge on any atom is -0.356 e. The maximum absolute atomic E-state index is 12.5. The van der Waals surface area contributed by atoms with E-state index in [9.17, 15) is 18.0 Å². The number of carbonyl (C=O) groups excluding carboxylic acids is 2. The first kappa shape index (κ1) is 19.3. The van der Waals surface area contributed by atoms with Crippen molar-refractivity contribution in [1.82, 2.24) is 19.5 Å². The summed E-state index contributed by atoms with van der Waals surface area (Å²) in [6.07, 6.45) is 4.20. The summed E-state index contributed by atoms with van der Waals surface area (Å²) >= 11 is 0. The zero-order valence-corrected chi connectivity index (χ0v) is 15.3. The van der Waals surface area contributed by atoms with E-state index in [0.29, 0.717) is 19.6 Å². The fourth-order valence-electron chi connectivity index (χ4n) is 2.79. The highest BCUT2D eigenvalue weighted by atomic mass is 32.2. The molecule has 1 atom stereocenters. The summed E-state index contributed by atoms with van der Waals surface area (Å²) in [6, 6.07) is 2.97. The van der Waals surface area contributed by atoms with Gasteiger partial charge in [0.2, 0.25) is 21.8 Å². The highest BCUT2D eigenvalue weighted by Crippen LogP contribution is 2.18. The summed E-state index contributed by atoms with van der Waals surface area (Å²) in [5.74, 6) is -0.599. The van der Waals surface area contributed by atoms with Crippen LogP contribution in [-0.2, 0) is 19.6 Å². The van der Waals surface area contributed by atoms with Gasteiger partial charge in [-0.15, -0.1) is 0 Å². The highest BCUT2D eigenvalue weighted by molar-refractivity contribution is 7.89. The number of pyridine rings is 1. The lowest BCUT2D eigenvalue weighted by molar-refractivity contribution is -0.135. The number of piperidine rings is 1. The Hall–Kier alpha value is -2.00. The van der Waals surface area contributed by atoms with E-state index in [1.165, 1.54) is 31.6 Å². The van der Waals surface area contributed by atoms with Crippen LogP contribution in [0, 0.1) is 5.92 Å². The number of nitrogens with one attached hydrogen (secondary N) is 1. The molecule has 1 unspecified atom stereocenters. The number of amides is 2. The van der Waals surface area contributed by atoms with Gasteiger partial charge in [-0.1, -0.05) is 0 Å². The molecule has 9 heteroatoms. The smallest absolute Gasteiger partial charge is 0.244 e. The van der Waals surface area contributed by atoms with E-state index in [4.69, 9.17) is 0 Å². The van der Waals surface area contributed by atoms with Gasteiger partial charge in [-0.05, 0) is 31.9 Å². The summed E-state index contributed by atoms with van der Waals surface area (Å²) < 4.78 is 25.9. The number of hydrogen-bond donors (Lipinski definition) is 1. The van der Waals surface area contributed by atoms with E-state index < -0.39 is 10.0 Å². The lowest BCUT2D eigenvalue weighted by Crippen LogP contribution is -2.48. The molecule has 0 aliphatic carbocycles. The van der Waals surface area contributed by atoms with Crippen LogP contribution in [0.5, 0.6) is 0 Å². The maximum Gasteiger partial charge on any atom is 0.244 e. The molecule has 0 aromatic carbocycles. The van der Waals surface area contributed by atoms with Gasteiger partial charge in [-0.2, -0.15) is 4.31 Å². The Bertz CT molecular complexity index is 708. The van der Waals surface area contributed by atoms with Crippen LogP contribution in [0.1, 0.15) is 19.8 Å². The molecule has 25 heavy (non-hydrogen) atoms. The highest BCUT2D eigenvalue weighted by Gasteiger charge is 2.30. The standard InChI is InChI=1S/C16H24N4O4S/c1-3-18-16(22)13-6-5-9-20(11-13)15(21)12-19(2)25(23,24)14-7-4-8-17-10-14/h4,7-8,10,13H,3,5-6,9,11-12H2,1-2H3,(H,18,22). The van der Waals surface area contributed by atoms with E-state index in [1.807, 2.05) is 6.92 Å². The third-order valence-electron chi connectivity index (χ3n) is 4.20. The molecule has 138 valence electrons. The van der Waals surface area contributed by atoms with E-state index in [-0.39, 0.29) is 29.2 Å². The Morgan fingerprint density at radius 2 is 2.20 bits per heavy atom. The fraction of sp³-hybridized carbons (Fsp3) is 0.562. The SMILES string of the molecule is CCNC(=O)C1CCCN(C(=O)CN(C)S(=O)(=O)c2cccnc2)C1. The number of carbonyl (C=O) groups is 2. The second-order valence-electron chi connectivity index (χ2n) is 6.02. The lowest BCUT2D eigenvalue weighted by Gasteiger charge is -2.33. The topological polar surface area (TPSA) is 99.7 Å². The van der Waals surface area contributed by atoms with Crippen molar-refractivity contribution in [3.05, 3.63) is 24.5 Å². The average molecular weight is 368 g/mol. The summed E-state index contributed by atoms with van der Waals surface area (Å²) in [7, 11) is -2.40. The van der Waals surface area contributed by atoms with Crippen molar-refractivity contribution in [2.45, 2.75) is 24.7 Å². The van der Waals surface area contributed by atoms with Crippen LogP contribution in [0.3, 0.4) is 0 Å². The first-order chi connectivity index (χ1) is 11.9. The zero-order valence-electron chi connectivity index (χ0n) is 14.5. The van der Waals surface area contributed by atoms with Crippen LogP contribution in [0.2, 0.25) is 0 Å². The molecule has 2 heterocycles. The van der Waals surface area contributed by atoms with Crippen molar-refractivity contribution >= 4 is 21.8 Å². The number of likely N-dealkylation sites (tertiary alicyclic amines) is 1. The van der Waals surface area contributed by atoms with Gasteiger partial charge in [0.25, 0.3) is 0 Å². The summed E-state index contributed by atoms with van der Waals surface area (Å²) in [6.45, 7) is 3.00. The van der Waals surface area contributed by atoms with Crippen molar-refractivity contribution < 1.29 is 18.0 Å². The van der Waals surface area contributed by atoms with E-state index in [0.717, 1.165) is 17.1 Å². The Morgan fingerprint density at radius 3 is 2.84 bits per heavy atom. The van der Waals surface area contributed by atoms with E-state index in [1.54, 1.807) is 4.90 Å². The molecule has 1 aliphatic heterocycles. The fourth-order valence-corrected chi connectivity index (χ4v) is 3.88. The van der Waals surface area contributed by atoms with Crippen LogP contribution in [0.4, 0.5) is 0 Å². The minimum absolute atomic E-state index is 0.0455. The first-order valence-electron chi connectivity index (χ1n) is 8.28. The van der Waals surface area contributed by atoms with Crippen LogP contribution in [0.15, 0.2) is 29.4 Å².